The fourth-order valence-electron chi connectivity index (χ4n) is 5.93. The SMILES string of the molecule is Cc1ccc(S(=O)(=O)N2C[C@]3(CCCN(CC(=O)Nc4nc(-c5ccc(F)cc5)c(C)s4)C3)OC[C@@H]2CC(C)C)cc1. The Hall–Kier alpha value is -2.70. The summed E-state index contributed by atoms with van der Waals surface area (Å²) in [5, 5.41) is 3.41. The Kier molecular flexibility index (Phi) is 9.15. The molecule has 1 spiro atoms. The van der Waals surface area contributed by atoms with Crippen LogP contribution in [-0.4, -0.2) is 72.9 Å². The average molecular weight is 615 g/mol. The monoisotopic (exact) mass is 614 g/mol. The molecular weight excluding hydrogens is 575 g/mol. The highest BCUT2D eigenvalue weighted by Crippen LogP contribution is 2.36. The highest BCUT2D eigenvalue weighted by molar-refractivity contribution is 7.89. The first kappa shape index (κ1) is 30.7. The van der Waals surface area contributed by atoms with E-state index in [0.717, 1.165) is 35.4 Å². The number of carbonyl (C=O) groups excluding carboxylic acids is 1. The van der Waals surface area contributed by atoms with E-state index in [9.17, 15) is 17.6 Å². The second-order valence-electron chi connectivity index (χ2n) is 11.9. The van der Waals surface area contributed by atoms with E-state index in [-0.39, 0.29) is 30.9 Å². The third-order valence-corrected chi connectivity index (χ3v) is 10.7. The summed E-state index contributed by atoms with van der Waals surface area (Å²) >= 11 is 1.38. The molecular formula is C31H39FN4O4S2. The van der Waals surface area contributed by atoms with Crippen molar-refractivity contribution in [3.8, 4) is 11.3 Å². The second-order valence-corrected chi connectivity index (χ2v) is 15.0. The van der Waals surface area contributed by atoms with Crippen LogP contribution < -0.4 is 5.32 Å². The molecule has 0 bridgehead atoms. The van der Waals surface area contributed by atoms with Gasteiger partial charge in [-0.05, 0) is 82.0 Å². The van der Waals surface area contributed by atoms with Crippen LogP contribution in [0, 0.1) is 25.6 Å². The van der Waals surface area contributed by atoms with Crippen molar-refractivity contribution >= 4 is 32.4 Å². The van der Waals surface area contributed by atoms with Crippen LogP contribution in [0.1, 0.15) is 43.6 Å². The Morgan fingerprint density at radius 3 is 2.55 bits per heavy atom. The van der Waals surface area contributed by atoms with E-state index in [1.807, 2.05) is 30.9 Å². The van der Waals surface area contributed by atoms with Gasteiger partial charge in [-0.3, -0.25) is 9.69 Å². The van der Waals surface area contributed by atoms with Gasteiger partial charge < -0.3 is 10.1 Å². The standard InChI is InChI=1S/C31H39FN4O4S2/c1-21(2)16-26-18-40-31(20-36(26)42(38,39)27-12-6-22(3)7-13-27)14-5-15-35(19-31)17-28(37)33-30-34-29(23(4)41-30)24-8-10-25(32)11-9-24/h6-13,21,26H,5,14-20H2,1-4H3,(H,33,34,37)/t26-,31+/m0/s1. The molecule has 2 fully saturated rings. The number of hydrogen-bond donors (Lipinski definition) is 1. The number of piperidine rings is 1. The van der Waals surface area contributed by atoms with Crippen LogP contribution in [0.25, 0.3) is 11.3 Å². The van der Waals surface area contributed by atoms with Crippen molar-refractivity contribution in [1.82, 2.24) is 14.2 Å². The fourth-order valence-corrected chi connectivity index (χ4v) is 8.48. The van der Waals surface area contributed by atoms with Crippen molar-refractivity contribution in [2.24, 2.45) is 5.92 Å². The predicted molar refractivity (Wildman–Crippen MR) is 164 cm³/mol. The summed E-state index contributed by atoms with van der Waals surface area (Å²) in [6, 6.07) is 12.9. The van der Waals surface area contributed by atoms with Crippen LogP contribution in [0.5, 0.6) is 0 Å². The average Bonchev–Trinajstić information content (AvgIpc) is 3.29. The first-order valence-corrected chi connectivity index (χ1v) is 16.7. The van der Waals surface area contributed by atoms with Crippen LogP contribution in [-0.2, 0) is 19.6 Å². The van der Waals surface area contributed by atoms with Gasteiger partial charge in [0, 0.05) is 29.6 Å². The molecule has 0 aliphatic carbocycles. The quantitative estimate of drug-likeness (QED) is 0.362. The lowest BCUT2D eigenvalue weighted by Gasteiger charge is -2.50. The topological polar surface area (TPSA) is 91.8 Å². The maximum absolute atomic E-state index is 13.9. The van der Waals surface area contributed by atoms with Crippen molar-refractivity contribution in [3.05, 3.63) is 64.8 Å². The third-order valence-electron chi connectivity index (χ3n) is 7.95. The number of benzene rings is 2. The summed E-state index contributed by atoms with van der Waals surface area (Å²) in [6.07, 6.45) is 2.23. The molecule has 0 unspecified atom stereocenters. The lowest BCUT2D eigenvalue weighted by Crippen LogP contribution is -2.64. The smallest absolute Gasteiger partial charge is 0.243 e. The van der Waals surface area contributed by atoms with Gasteiger partial charge in [0.2, 0.25) is 15.9 Å². The minimum absolute atomic E-state index is 0.149. The third kappa shape index (κ3) is 6.92. The molecule has 2 aromatic carbocycles. The highest BCUT2D eigenvalue weighted by Gasteiger charge is 2.47. The maximum atomic E-state index is 13.9. The molecule has 2 aliphatic rings. The zero-order valence-electron chi connectivity index (χ0n) is 24.6. The van der Waals surface area contributed by atoms with Crippen molar-refractivity contribution < 1.29 is 22.3 Å². The number of thiazole rings is 1. The number of nitrogens with one attached hydrogen (secondary N) is 1. The first-order chi connectivity index (χ1) is 19.9. The van der Waals surface area contributed by atoms with E-state index < -0.39 is 15.6 Å². The highest BCUT2D eigenvalue weighted by atomic mass is 32.2. The van der Waals surface area contributed by atoms with Gasteiger partial charge in [0.05, 0.1) is 29.3 Å². The summed E-state index contributed by atoms with van der Waals surface area (Å²) in [7, 11) is -3.73. The summed E-state index contributed by atoms with van der Waals surface area (Å²) in [5.74, 6) is -0.190. The molecule has 11 heteroatoms. The van der Waals surface area contributed by atoms with Crippen LogP contribution >= 0.6 is 11.3 Å². The Morgan fingerprint density at radius 2 is 1.86 bits per heavy atom. The van der Waals surface area contributed by atoms with E-state index in [1.54, 1.807) is 28.6 Å². The van der Waals surface area contributed by atoms with E-state index in [0.29, 0.717) is 41.2 Å². The Morgan fingerprint density at radius 1 is 1.14 bits per heavy atom. The van der Waals surface area contributed by atoms with Gasteiger partial charge in [-0.1, -0.05) is 31.5 Å². The van der Waals surface area contributed by atoms with Crippen molar-refractivity contribution in [2.45, 2.75) is 63.5 Å². The number of aromatic nitrogens is 1. The van der Waals surface area contributed by atoms with E-state index >= 15 is 0 Å². The Labute approximate surface area is 252 Å². The molecule has 2 saturated heterocycles. The van der Waals surface area contributed by atoms with Gasteiger partial charge in [-0.2, -0.15) is 4.31 Å². The van der Waals surface area contributed by atoms with Gasteiger partial charge in [0.1, 0.15) is 5.82 Å². The number of aryl methyl sites for hydroxylation is 2. The summed E-state index contributed by atoms with van der Waals surface area (Å²) in [5.41, 5.74) is 1.83. The van der Waals surface area contributed by atoms with Crippen molar-refractivity contribution in [1.29, 1.82) is 0 Å². The molecule has 3 aromatic rings. The number of anilines is 1. The summed E-state index contributed by atoms with van der Waals surface area (Å²) < 4.78 is 49.3. The molecule has 42 heavy (non-hydrogen) atoms. The molecule has 8 nitrogen and oxygen atoms in total. The number of halogens is 1. The first-order valence-electron chi connectivity index (χ1n) is 14.4. The van der Waals surface area contributed by atoms with Gasteiger partial charge >= 0.3 is 0 Å². The number of ether oxygens (including phenoxy) is 1. The fraction of sp³-hybridized carbons (Fsp3) is 0.484. The van der Waals surface area contributed by atoms with Gasteiger partial charge in [-0.25, -0.2) is 17.8 Å². The Balaban J connectivity index is 1.28. The van der Waals surface area contributed by atoms with Gasteiger partial charge in [0.25, 0.3) is 0 Å². The molecule has 3 heterocycles. The lowest BCUT2D eigenvalue weighted by atomic mass is 9.89. The number of hydrogen-bond acceptors (Lipinski definition) is 7. The van der Waals surface area contributed by atoms with E-state index in [2.05, 4.69) is 24.1 Å². The lowest BCUT2D eigenvalue weighted by molar-refractivity contribution is -0.146. The molecule has 2 aliphatic heterocycles. The molecule has 0 radical (unpaired) electrons. The number of likely N-dealkylation sites (tertiary alicyclic amines) is 1. The zero-order chi connectivity index (χ0) is 30.1. The Bertz CT molecular complexity index is 1510. The molecule has 226 valence electrons. The number of amides is 1. The maximum Gasteiger partial charge on any atom is 0.243 e. The minimum Gasteiger partial charge on any atom is -0.371 e. The molecule has 1 N–H and O–H groups in total. The second kappa shape index (κ2) is 12.5. The van der Waals surface area contributed by atoms with E-state index in [4.69, 9.17) is 4.74 Å². The number of morpholine rings is 1. The number of nitrogens with zero attached hydrogens (tertiary/aromatic N) is 3. The largest absolute Gasteiger partial charge is 0.371 e. The normalized spacial score (nSPS) is 22.1. The molecule has 5 rings (SSSR count). The van der Waals surface area contributed by atoms with Crippen LogP contribution in [0.2, 0.25) is 0 Å². The predicted octanol–water partition coefficient (Wildman–Crippen LogP) is 5.47. The van der Waals surface area contributed by atoms with Crippen molar-refractivity contribution in [3.63, 3.8) is 0 Å². The molecule has 1 amide bonds. The van der Waals surface area contributed by atoms with E-state index in [1.165, 1.54) is 23.5 Å². The number of carbonyl (C=O) groups is 1. The zero-order valence-corrected chi connectivity index (χ0v) is 26.2. The van der Waals surface area contributed by atoms with Gasteiger partial charge in [-0.15, -0.1) is 11.3 Å². The van der Waals surface area contributed by atoms with Gasteiger partial charge in [0.15, 0.2) is 5.13 Å². The molecule has 2 atom stereocenters. The van der Waals surface area contributed by atoms with Crippen LogP contribution in [0.4, 0.5) is 9.52 Å². The minimum atomic E-state index is -3.73. The number of sulfonamides is 1. The molecule has 1 aromatic heterocycles. The van der Waals surface area contributed by atoms with Crippen LogP contribution in [0.15, 0.2) is 53.4 Å². The summed E-state index contributed by atoms with van der Waals surface area (Å²) in [6.45, 7) is 9.96. The van der Waals surface area contributed by atoms with Crippen LogP contribution in [0.3, 0.4) is 0 Å². The van der Waals surface area contributed by atoms with Crippen molar-refractivity contribution in [2.75, 3.05) is 38.1 Å². The number of rotatable bonds is 8. The summed E-state index contributed by atoms with van der Waals surface area (Å²) in [4.78, 5) is 20.9. The molecule has 0 saturated carbocycles.